The molecule has 0 aromatic heterocycles. The Hall–Kier alpha value is -3.19. The third-order valence-electron chi connectivity index (χ3n) is 24.5. The molecule has 6 fully saturated rings. The van der Waals surface area contributed by atoms with Gasteiger partial charge < -0.3 is 20.1 Å². The fraction of sp³-hybridized carbons (Fsp3) is 0.746. The van der Waals surface area contributed by atoms with Crippen molar-refractivity contribution in [1.82, 2.24) is 0 Å². The molecule has 472 valence electrons. The number of esters is 1. The molecular formula is C71H103ClF6O6. The van der Waals surface area contributed by atoms with Crippen molar-refractivity contribution in [3.8, 4) is 0 Å². The zero-order valence-electron chi connectivity index (χ0n) is 51.4. The minimum Gasteiger partial charge on any atom is -0.459 e. The normalized spacial score (nSPS) is 37.4. The van der Waals surface area contributed by atoms with Crippen molar-refractivity contribution < 1.29 is 56.0 Å². The lowest BCUT2D eigenvalue weighted by Crippen LogP contribution is -2.55. The molecule has 18 atom stereocenters. The molecular weight excluding hydrogens is 1100 g/mol. The Morgan fingerprint density at radius 1 is 0.560 bits per heavy atom. The van der Waals surface area contributed by atoms with Gasteiger partial charge >= 0.3 is 18.3 Å². The number of carbonyl (C=O) groups excluding carboxylic acids is 2. The zero-order chi connectivity index (χ0) is 60.9. The van der Waals surface area contributed by atoms with Crippen molar-refractivity contribution in [3.63, 3.8) is 0 Å². The van der Waals surface area contributed by atoms with E-state index in [0.29, 0.717) is 94.5 Å². The van der Waals surface area contributed by atoms with Gasteiger partial charge in [-0.15, -0.1) is 0 Å². The van der Waals surface area contributed by atoms with Gasteiger partial charge in [-0.3, -0.25) is 4.79 Å². The largest absolute Gasteiger partial charge is 0.459 e. The Bertz CT molecular complexity index is 2600. The van der Waals surface area contributed by atoms with Crippen LogP contribution >= 0.6 is 11.6 Å². The maximum Gasteiger partial charge on any atom is 0.417 e. The van der Waals surface area contributed by atoms with Crippen LogP contribution in [0, 0.1) is 92.7 Å². The van der Waals surface area contributed by atoms with E-state index in [2.05, 4.69) is 81.4 Å². The van der Waals surface area contributed by atoms with Gasteiger partial charge in [0.25, 0.3) is 5.24 Å². The van der Waals surface area contributed by atoms with Crippen LogP contribution in [-0.2, 0) is 4.74 Å². The van der Waals surface area contributed by atoms with E-state index in [4.69, 9.17) is 16.3 Å². The fourth-order valence-electron chi connectivity index (χ4n) is 19.2. The second-order valence-electron chi connectivity index (χ2n) is 29.5. The second kappa shape index (κ2) is 26.1. The van der Waals surface area contributed by atoms with E-state index < -0.39 is 28.8 Å². The SMILES string of the molecule is C.CC(C)[C@@H](O)CC[C@@H](C)[C@H]1CC[C@H]2[C@@H]3CC=C4C[C@](O)(C(F)(F)F)CC[C@]4(C)[C@H]3CC[C@]12C.CC(C)[C@H](CC[C@@H](C)[C@H]1CC[C@H]2[C@@H]3CC=C4C[C@](O)(C(F)(F)F)CC[C@]4(C)[C@H]3CC[C@]12C)OC(=O)c1ccccc1.O=C(Cl)c1ccccc1. The highest BCUT2D eigenvalue weighted by molar-refractivity contribution is 6.67. The van der Waals surface area contributed by atoms with Crippen molar-refractivity contribution in [1.29, 1.82) is 0 Å². The van der Waals surface area contributed by atoms with E-state index >= 15 is 0 Å². The molecule has 6 saturated carbocycles. The first kappa shape index (κ1) is 68.3. The Balaban J connectivity index is 0.000000211. The molecule has 13 heteroatoms. The predicted molar refractivity (Wildman–Crippen MR) is 324 cm³/mol. The van der Waals surface area contributed by atoms with Crippen LogP contribution in [-0.4, -0.2) is 62.3 Å². The third kappa shape index (κ3) is 13.4. The number of benzene rings is 2. The lowest BCUT2D eigenvalue weighted by atomic mass is 9.46. The van der Waals surface area contributed by atoms with Gasteiger partial charge in [-0.25, -0.2) is 4.79 Å². The summed E-state index contributed by atoms with van der Waals surface area (Å²) >= 11 is 5.16. The summed E-state index contributed by atoms with van der Waals surface area (Å²) in [6, 6.07) is 17.9. The average Bonchev–Trinajstić information content (AvgIpc) is 1.48. The van der Waals surface area contributed by atoms with Crippen LogP contribution in [0.4, 0.5) is 26.3 Å². The minimum atomic E-state index is -4.58. The summed E-state index contributed by atoms with van der Waals surface area (Å²) in [6.07, 6.45) is 9.50. The number of carbonyl (C=O) groups is 2. The van der Waals surface area contributed by atoms with Crippen LogP contribution in [0.15, 0.2) is 84.0 Å². The molecule has 10 rings (SSSR count). The van der Waals surface area contributed by atoms with Crippen molar-refractivity contribution in [2.75, 3.05) is 0 Å². The molecule has 0 amide bonds. The highest BCUT2D eigenvalue weighted by Crippen LogP contribution is 2.70. The zero-order valence-corrected chi connectivity index (χ0v) is 52.1. The first-order valence-corrected chi connectivity index (χ1v) is 32.3. The molecule has 8 aliphatic rings. The summed E-state index contributed by atoms with van der Waals surface area (Å²) in [5.41, 5.74) is -2.19. The van der Waals surface area contributed by atoms with E-state index in [9.17, 15) is 51.3 Å². The summed E-state index contributed by atoms with van der Waals surface area (Å²) in [6.45, 7) is 22.5. The average molecular weight is 1200 g/mol. The smallest absolute Gasteiger partial charge is 0.417 e. The van der Waals surface area contributed by atoms with E-state index in [-0.39, 0.29) is 73.5 Å². The Morgan fingerprint density at radius 2 is 0.964 bits per heavy atom. The quantitative estimate of drug-likeness (QED) is 0.0799. The Morgan fingerprint density at radius 3 is 1.33 bits per heavy atom. The van der Waals surface area contributed by atoms with Gasteiger partial charge in [0.1, 0.15) is 6.10 Å². The molecule has 0 aliphatic heterocycles. The highest BCUT2D eigenvalue weighted by atomic mass is 35.5. The van der Waals surface area contributed by atoms with Crippen LogP contribution in [0.5, 0.6) is 0 Å². The van der Waals surface area contributed by atoms with Crippen molar-refractivity contribution >= 4 is 22.8 Å². The van der Waals surface area contributed by atoms with Crippen LogP contribution in [0.2, 0.25) is 0 Å². The van der Waals surface area contributed by atoms with Crippen LogP contribution in [0.1, 0.15) is 226 Å². The predicted octanol–water partition coefficient (Wildman–Crippen LogP) is 19.2. The number of ether oxygens (including phenoxy) is 1. The summed E-state index contributed by atoms with van der Waals surface area (Å²) in [7, 11) is 0. The van der Waals surface area contributed by atoms with Gasteiger partial charge in [-0.1, -0.05) is 148 Å². The monoisotopic (exact) mass is 1200 g/mol. The topological polar surface area (TPSA) is 104 Å². The molecule has 0 saturated heterocycles. The molecule has 0 unspecified atom stereocenters. The van der Waals surface area contributed by atoms with Gasteiger partial charge in [0.2, 0.25) is 0 Å². The van der Waals surface area contributed by atoms with Crippen molar-refractivity contribution in [2.45, 2.75) is 241 Å². The van der Waals surface area contributed by atoms with Gasteiger partial charge in [0.15, 0.2) is 11.2 Å². The van der Waals surface area contributed by atoms with E-state index in [1.54, 1.807) is 36.4 Å². The van der Waals surface area contributed by atoms with Crippen LogP contribution in [0.3, 0.4) is 0 Å². The molecule has 6 nitrogen and oxygen atoms in total. The number of rotatable bonds is 13. The highest BCUT2D eigenvalue weighted by Gasteiger charge is 2.65. The van der Waals surface area contributed by atoms with Crippen molar-refractivity contribution in [3.05, 3.63) is 95.1 Å². The maximum atomic E-state index is 13.7. The molecule has 84 heavy (non-hydrogen) atoms. The number of allylic oxidation sites excluding steroid dienone is 2. The molecule has 3 N–H and O–H groups in total. The maximum absolute atomic E-state index is 13.7. The lowest BCUT2D eigenvalue weighted by Gasteiger charge is -2.59. The first-order valence-electron chi connectivity index (χ1n) is 31.9. The van der Waals surface area contributed by atoms with Gasteiger partial charge in [-0.2, -0.15) is 26.3 Å². The number of alkyl halides is 6. The number of halogens is 7. The Labute approximate surface area is 505 Å². The summed E-state index contributed by atoms with van der Waals surface area (Å²) in [4.78, 5) is 23.2. The van der Waals surface area contributed by atoms with E-state index in [0.717, 1.165) is 75.4 Å². The standard InChI is InChI=1S/C35H49F3O3.C28H45F3O2.C7H5ClO.CH4/c1-22(2)30(41-31(39)24-9-7-6-8-10-24)16-11-23(3)27-14-15-28-26-13-12-25-21-34(40,35(36,37)38)20-19-32(25,4)29(26)17-18-33(27,28)5;1-17(2)24(32)11-6-18(3)21-9-10-22-20-8-7-19-16-27(33,28(29,30)31)15-14-25(19,4)23(20)12-13-26(21,22)5;8-7(9)6-4-2-1-3-5-6;/h6-10,12,22-23,26-30,40H,11,13-21H2,1-5H3;7,17-18,20-24,32-33H,6,8-16H2,1-5H3;1-5H;1H4/t23-,26+,27-,28+,29+,30+,32+,33-,34+;18-,20+,21-,22+,23+,24+,25+,26-,27+;;/m11../s1. The van der Waals surface area contributed by atoms with Gasteiger partial charge in [0, 0.05) is 18.4 Å². The molecule has 0 spiro atoms. The minimum absolute atomic E-state index is 0. The molecule has 0 heterocycles. The van der Waals surface area contributed by atoms with Gasteiger partial charge in [0.05, 0.1) is 11.7 Å². The summed E-state index contributed by atoms with van der Waals surface area (Å²) in [5.74, 6) is 5.78. The third-order valence-corrected chi connectivity index (χ3v) is 24.7. The number of fused-ring (bicyclic) bond motifs is 10. The number of hydrogen-bond donors (Lipinski definition) is 3. The molecule has 2 aromatic rings. The van der Waals surface area contributed by atoms with Crippen LogP contribution < -0.4 is 0 Å². The number of aliphatic hydroxyl groups excluding tert-OH is 1. The second-order valence-corrected chi connectivity index (χ2v) is 29.8. The number of hydrogen-bond acceptors (Lipinski definition) is 6. The molecule has 8 aliphatic carbocycles. The fourth-order valence-corrected chi connectivity index (χ4v) is 19.3. The first-order chi connectivity index (χ1) is 38.7. The molecule has 0 bridgehead atoms. The van der Waals surface area contributed by atoms with Gasteiger partial charge in [-0.05, 0) is 232 Å². The van der Waals surface area contributed by atoms with E-state index in [1.165, 1.54) is 25.7 Å². The Kier molecular flexibility index (Phi) is 21.2. The molecule has 0 radical (unpaired) electrons. The van der Waals surface area contributed by atoms with Crippen molar-refractivity contribution in [2.24, 2.45) is 92.7 Å². The molecule has 2 aromatic carbocycles. The summed E-state index contributed by atoms with van der Waals surface area (Å²) in [5, 5.41) is 30.8. The number of aliphatic hydroxyl groups is 3. The summed E-state index contributed by atoms with van der Waals surface area (Å²) < 4.78 is 87.7. The van der Waals surface area contributed by atoms with Crippen LogP contribution in [0.25, 0.3) is 0 Å². The lowest BCUT2D eigenvalue weighted by molar-refractivity contribution is -0.271. The van der Waals surface area contributed by atoms with E-state index in [1.807, 2.05) is 24.3 Å².